The molecule has 0 atom stereocenters. The van der Waals surface area contributed by atoms with Crippen LogP contribution in [0.15, 0.2) is 30.3 Å². The van der Waals surface area contributed by atoms with Gasteiger partial charge in [0.15, 0.2) is 5.13 Å². The summed E-state index contributed by atoms with van der Waals surface area (Å²) in [5.41, 5.74) is 2.36. The molecule has 0 radical (unpaired) electrons. The highest BCUT2D eigenvalue weighted by molar-refractivity contribution is 7.16. The lowest BCUT2D eigenvalue weighted by atomic mass is 10.0. The Balaban J connectivity index is 1.38. The van der Waals surface area contributed by atoms with Gasteiger partial charge in [0.1, 0.15) is 5.60 Å². The molecule has 3 N–H and O–H groups in total. The van der Waals surface area contributed by atoms with Crippen molar-refractivity contribution in [1.29, 1.82) is 0 Å². The number of para-hydroxylation sites is 1. The molecule has 0 unspecified atom stereocenters. The average molecular weight is 588 g/mol. The molecule has 1 aliphatic rings. The maximum atomic E-state index is 13.1. The molecule has 0 aliphatic carbocycles. The number of alkyl carbamates (subject to hydrolysis) is 1. The van der Waals surface area contributed by atoms with Crippen LogP contribution < -0.4 is 16.0 Å². The molecule has 224 valence electrons. The number of carbonyl (C=O) groups excluding carboxylic acids is 3. The van der Waals surface area contributed by atoms with Crippen LogP contribution in [-0.4, -0.2) is 86.5 Å². The lowest BCUT2D eigenvalue weighted by Crippen LogP contribution is -2.34. The number of carbonyl (C=O) groups is 3. The molecule has 3 amide bonds. The summed E-state index contributed by atoms with van der Waals surface area (Å²) in [7, 11) is 2.09. The van der Waals surface area contributed by atoms with Gasteiger partial charge in [-0.1, -0.05) is 18.2 Å². The summed E-state index contributed by atoms with van der Waals surface area (Å²) in [6.45, 7) is 10.7. The van der Waals surface area contributed by atoms with Gasteiger partial charge in [-0.2, -0.15) is 0 Å². The Bertz CT molecular complexity index is 1220. The quantitative estimate of drug-likeness (QED) is 0.296. The standard InChI is InChI=1S/C29H41N5O6S/c1-20-25(21-10-14-34(5)15-11-21)32-27(41-20)33-26(36)22-8-6-7-9-23(22)31-24(35)12-16-38-18-19-39-17-13-30-28(37)40-29(2,3)4/h6-10H,11-19H2,1-5H3,(H,30,37)(H,31,35)(H,32,33,36). The maximum absolute atomic E-state index is 13.1. The van der Waals surface area contributed by atoms with Gasteiger partial charge in [-0.3, -0.25) is 14.9 Å². The van der Waals surface area contributed by atoms with Crippen LogP contribution >= 0.6 is 11.3 Å². The van der Waals surface area contributed by atoms with E-state index in [1.54, 1.807) is 45.0 Å². The van der Waals surface area contributed by atoms with Crippen LogP contribution in [0.4, 0.5) is 15.6 Å². The first-order chi connectivity index (χ1) is 19.5. The molecule has 2 heterocycles. The predicted molar refractivity (Wildman–Crippen MR) is 160 cm³/mol. The summed E-state index contributed by atoms with van der Waals surface area (Å²) in [6, 6.07) is 6.86. The third-order valence-corrected chi connectivity index (χ3v) is 6.83. The molecule has 0 bridgehead atoms. The van der Waals surface area contributed by atoms with E-state index in [1.807, 2.05) is 6.92 Å². The van der Waals surface area contributed by atoms with E-state index < -0.39 is 11.7 Å². The van der Waals surface area contributed by atoms with Crippen LogP contribution in [0.2, 0.25) is 0 Å². The van der Waals surface area contributed by atoms with Gasteiger partial charge < -0.3 is 29.7 Å². The van der Waals surface area contributed by atoms with Crippen molar-refractivity contribution in [3.05, 3.63) is 46.5 Å². The van der Waals surface area contributed by atoms with Gasteiger partial charge in [-0.15, -0.1) is 11.3 Å². The van der Waals surface area contributed by atoms with Gasteiger partial charge in [0, 0.05) is 24.5 Å². The normalized spacial score (nSPS) is 13.8. The first-order valence-electron chi connectivity index (χ1n) is 13.7. The van der Waals surface area contributed by atoms with Gasteiger partial charge in [0.2, 0.25) is 5.91 Å². The third-order valence-electron chi connectivity index (χ3n) is 5.94. The molecule has 12 heteroatoms. The van der Waals surface area contributed by atoms with Crippen molar-refractivity contribution in [2.45, 2.75) is 46.1 Å². The monoisotopic (exact) mass is 587 g/mol. The number of likely N-dealkylation sites (N-methyl/N-ethyl adjacent to an activating group) is 1. The number of anilines is 2. The Morgan fingerprint density at radius 1 is 1.05 bits per heavy atom. The number of ether oxygens (including phenoxy) is 3. The van der Waals surface area contributed by atoms with E-state index in [2.05, 4.69) is 39.0 Å². The minimum absolute atomic E-state index is 0.121. The van der Waals surface area contributed by atoms with Gasteiger partial charge in [-0.25, -0.2) is 9.78 Å². The lowest BCUT2D eigenvalue weighted by molar-refractivity contribution is -0.117. The smallest absolute Gasteiger partial charge is 0.407 e. The summed E-state index contributed by atoms with van der Waals surface area (Å²) in [5, 5.41) is 8.83. The van der Waals surface area contributed by atoms with Crippen molar-refractivity contribution in [2.24, 2.45) is 0 Å². The summed E-state index contributed by atoms with van der Waals surface area (Å²) in [4.78, 5) is 45.1. The van der Waals surface area contributed by atoms with E-state index in [-0.39, 0.29) is 24.8 Å². The zero-order valence-corrected chi connectivity index (χ0v) is 25.3. The second-order valence-corrected chi connectivity index (χ2v) is 11.8. The van der Waals surface area contributed by atoms with Crippen molar-refractivity contribution in [3.63, 3.8) is 0 Å². The zero-order chi connectivity index (χ0) is 29.8. The second-order valence-electron chi connectivity index (χ2n) is 10.6. The van der Waals surface area contributed by atoms with E-state index in [4.69, 9.17) is 14.2 Å². The minimum Gasteiger partial charge on any atom is -0.444 e. The third kappa shape index (κ3) is 11.2. The van der Waals surface area contributed by atoms with Gasteiger partial charge in [0.05, 0.1) is 49.8 Å². The number of nitrogens with zero attached hydrogens (tertiary/aromatic N) is 2. The Labute approximate surface area is 245 Å². The Morgan fingerprint density at radius 3 is 2.49 bits per heavy atom. The summed E-state index contributed by atoms with van der Waals surface area (Å²) in [5.74, 6) is -0.609. The topological polar surface area (TPSA) is 131 Å². The zero-order valence-electron chi connectivity index (χ0n) is 24.5. The summed E-state index contributed by atoms with van der Waals surface area (Å²) < 4.78 is 16.0. The number of hydrogen-bond donors (Lipinski definition) is 3. The molecule has 2 aromatic rings. The van der Waals surface area contributed by atoms with E-state index in [9.17, 15) is 14.4 Å². The molecular formula is C29H41N5O6S. The predicted octanol–water partition coefficient (Wildman–Crippen LogP) is 4.31. The number of hydrogen-bond acceptors (Lipinski definition) is 9. The highest BCUT2D eigenvalue weighted by Gasteiger charge is 2.19. The summed E-state index contributed by atoms with van der Waals surface area (Å²) >= 11 is 1.44. The second kappa shape index (κ2) is 15.6. The van der Waals surface area contributed by atoms with Crippen LogP contribution in [0.3, 0.4) is 0 Å². The largest absolute Gasteiger partial charge is 0.444 e. The Kier molecular flexibility index (Phi) is 12.3. The van der Waals surface area contributed by atoms with Crippen molar-refractivity contribution in [1.82, 2.24) is 15.2 Å². The fourth-order valence-electron chi connectivity index (χ4n) is 3.93. The van der Waals surface area contributed by atoms with E-state index in [0.717, 1.165) is 30.1 Å². The fraction of sp³-hybridized carbons (Fsp3) is 0.517. The van der Waals surface area contributed by atoms with Gasteiger partial charge in [-0.05, 0) is 58.9 Å². The molecule has 1 aromatic heterocycles. The molecular weight excluding hydrogens is 546 g/mol. The lowest BCUT2D eigenvalue weighted by Gasteiger charge is -2.21. The molecule has 0 spiro atoms. The SMILES string of the molecule is Cc1sc(NC(=O)c2ccccc2NC(=O)CCOCCOCCNC(=O)OC(C)(C)C)nc1C1=CCN(C)CC1. The number of nitrogens with one attached hydrogen (secondary N) is 3. The van der Waals surface area contributed by atoms with E-state index in [1.165, 1.54) is 16.9 Å². The van der Waals surface area contributed by atoms with Crippen molar-refractivity contribution < 1.29 is 28.6 Å². The van der Waals surface area contributed by atoms with Crippen molar-refractivity contribution in [2.75, 3.05) is 63.7 Å². The van der Waals surface area contributed by atoms with Crippen LogP contribution in [0.1, 0.15) is 54.5 Å². The molecule has 11 nitrogen and oxygen atoms in total. The number of aryl methyl sites for hydroxylation is 1. The van der Waals surface area contributed by atoms with Gasteiger partial charge in [0.25, 0.3) is 5.91 Å². The highest BCUT2D eigenvalue weighted by atomic mass is 32.1. The van der Waals surface area contributed by atoms with Crippen LogP contribution in [0.25, 0.3) is 5.57 Å². The van der Waals surface area contributed by atoms with Crippen molar-refractivity contribution >= 4 is 45.6 Å². The molecule has 0 saturated heterocycles. The average Bonchev–Trinajstić information content (AvgIpc) is 3.26. The highest BCUT2D eigenvalue weighted by Crippen LogP contribution is 2.31. The number of aromatic nitrogens is 1. The Hall–Kier alpha value is -3.32. The van der Waals surface area contributed by atoms with Crippen LogP contribution in [0, 0.1) is 6.92 Å². The van der Waals surface area contributed by atoms with Crippen molar-refractivity contribution in [3.8, 4) is 0 Å². The number of benzene rings is 1. The maximum Gasteiger partial charge on any atom is 0.407 e. The fourth-order valence-corrected chi connectivity index (χ4v) is 4.77. The molecule has 1 aromatic carbocycles. The number of thiazole rings is 1. The molecule has 0 fully saturated rings. The number of rotatable bonds is 13. The molecule has 3 rings (SSSR count). The van der Waals surface area contributed by atoms with E-state index in [0.29, 0.717) is 42.7 Å². The van der Waals surface area contributed by atoms with Gasteiger partial charge >= 0.3 is 6.09 Å². The molecule has 0 saturated carbocycles. The van der Waals surface area contributed by atoms with E-state index >= 15 is 0 Å². The Morgan fingerprint density at radius 2 is 1.78 bits per heavy atom. The summed E-state index contributed by atoms with van der Waals surface area (Å²) in [6.07, 6.45) is 2.74. The minimum atomic E-state index is -0.546. The molecule has 1 aliphatic heterocycles. The van der Waals surface area contributed by atoms with Crippen LogP contribution in [0.5, 0.6) is 0 Å². The first-order valence-corrected chi connectivity index (χ1v) is 14.5. The number of amides is 3. The van der Waals surface area contributed by atoms with Crippen LogP contribution in [-0.2, 0) is 19.0 Å². The molecule has 41 heavy (non-hydrogen) atoms. The first kappa shape index (κ1) is 32.2.